The van der Waals surface area contributed by atoms with E-state index in [1.807, 2.05) is 0 Å². The number of allylic oxidation sites excluding steroid dienone is 1. The predicted molar refractivity (Wildman–Crippen MR) is 74.4 cm³/mol. The van der Waals surface area contributed by atoms with E-state index in [4.69, 9.17) is 5.73 Å². The molecule has 0 saturated heterocycles. The van der Waals surface area contributed by atoms with Crippen molar-refractivity contribution in [2.75, 3.05) is 0 Å². The van der Waals surface area contributed by atoms with Crippen molar-refractivity contribution in [3.63, 3.8) is 0 Å². The number of hydrogen-bond donors (Lipinski definition) is 1. The molecule has 0 aliphatic heterocycles. The summed E-state index contributed by atoms with van der Waals surface area (Å²) in [6, 6.07) is 0.229. The van der Waals surface area contributed by atoms with Gasteiger partial charge >= 0.3 is 0 Å². The van der Waals surface area contributed by atoms with E-state index in [-0.39, 0.29) is 6.04 Å². The third-order valence-electron chi connectivity index (χ3n) is 3.09. The van der Waals surface area contributed by atoms with Gasteiger partial charge in [0.15, 0.2) is 0 Å². The molecule has 0 aliphatic carbocycles. The molecule has 1 heteroatoms. The molecular weight excluding hydrogens is 194 g/mol. The summed E-state index contributed by atoms with van der Waals surface area (Å²) in [5.41, 5.74) is 9.27. The fraction of sp³-hybridized carbons (Fsp3) is 0.867. The molecule has 0 aromatic rings. The molecule has 0 heterocycles. The summed E-state index contributed by atoms with van der Waals surface area (Å²) >= 11 is 0. The van der Waals surface area contributed by atoms with Gasteiger partial charge in [-0.05, 0) is 37.5 Å². The Bertz CT molecular complexity index is 212. The lowest BCUT2D eigenvalue weighted by molar-refractivity contribution is 0.516. The average Bonchev–Trinajstić information content (AvgIpc) is 2.12. The van der Waals surface area contributed by atoms with Crippen molar-refractivity contribution in [2.24, 2.45) is 23.5 Å². The summed E-state index contributed by atoms with van der Waals surface area (Å²) in [5.74, 6) is 1.99. The summed E-state index contributed by atoms with van der Waals surface area (Å²) in [5, 5.41) is 0. The Morgan fingerprint density at radius 3 is 1.50 bits per heavy atom. The number of hydrogen-bond acceptors (Lipinski definition) is 1. The molecule has 0 radical (unpaired) electrons. The van der Waals surface area contributed by atoms with Crippen molar-refractivity contribution in [3.8, 4) is 0 Å². The van der Waals surface area contributed by atoms with Crippen LogP contribution in [0.3, 0.4) is 0 Å². The normalized spacial score (nSPS) is 13.7. The maximum atomic E-state index is 6.25. The van der Waals surface area contributed by atoms with E-state index in [1.54, 1.807) is 5.57 Å². The highest BCUT2D eigenvalue weighted by Crippen LogP contribution is 2.25. The Morgan fingerprint density at radius 1 is 0.875 bits per heavy atom. The van der Waals surface area contributed by atoms with E-state index >= 15 is 0 Å². The van der Waals surface area contributed by atoms with E-state index in [0.717, 1.165) is 11.8 Å². The van der Waals surface area contributed by atoms with E-state index in [9.17, 15) is 0 Å². The molecule has 16 heavy (non-hydrogen) atoms. The lowest BCUT2D eigenvalue weighted by Crippen LogP contribution is -2.28. The van der Waals surface area contributed by atoms with Gasteiger partial charge in [0.25, 0.3) is 0 Å². The van der Waals surface area contributed by atoms with E-state index in [2.05, 4.69) is 48.5 Å². The zero-order valence-corrected chi connectivity index (χ0v) is 12.3. The molecule has 1 nitrogen and oxygen atoms in total. The molecule has 1 unspecified atom stereocenters. The van der Waals surface area contributed by atoms with Crippen molar-refractivity contribution in [2.45, 2.75) is 67.3 Å². The number of rotatable bonds is 6. The molecule has 0 aromatic carbocycles. The van der Waals surface area contributed by atoms with Gasteiger partial charge in [0, 0.05) is 6.04 Å². The number of nitrogens with two attached hydrogens (primary N) is 1. The maximum absolute atomic E-state index is 6.25. The fourth-order valence-corrected chi connectivity index (χ4v) is 2.13. The quantitative estimate of drug-likeness (QED) is 0.667. The van der Waals surface area contributed by atoms with Crippen LogP contribution in [-0.2, 0) is 0 Å². The minimum absolute atomic E-state index is 0.229. The minimum atomic E-state index is 0.229. The van der Waals surface area contributed by atoms with Crippen molar-refractivity contribution < 1.29 is 0 Å². The molecule has 0 saturated carbocycles. The van der Waals surface area contributed by atoms with Gasteiger partial charge in [-0.3, -0.25) is 0 Å². The first-order valence-electron chi connectivity index (χ1n) is 6.69. The zero-order chi connectivity index (χ0) is 12.9. The Labute approximate surface area is 102 Å². The topological polar surface area (TPSA) is 26.0 Å². The van der Waals surface area contributed by atoms with Crippen molar-refractivity contribution >= 4 is 0 Å². The molecule has 0 fully saturated rings. The summed E-state index contributed by atoms with van der Waals surface area (Å²) in [7, 11) is 0. The van der Waals surface area contributed by atoms with Crippen LogP contribution in [-0.4, -0.2) is 6.04 Å². The first kappa shape index (κ1) is 15.7. The predicted octanol–water partition coefficient (Wildman–Crippen LogP) is 4.38. The Hall–Kier alpha value is -0.300. The standard InChI is InChI=1S/C15H31N/c1-10(2)8-14(9-11(3)4)13(7)15(16)12(5)6/h10-12,15H,8-9,16H2,1-7H3. The van der Waals surface area contributed by atoms with E-state index in [1.165, 1.54) is 18.4 Å². The summed E-state index contributed by atoms with van der Waals surface area (Å²) in [6.07, 6.45) is 2.40. The SMILES string of the molecule is CC(=C(CC(C)C)CC(C)C)C(N)C(C)C. The second-order valence-electron chi connectivity index (χ2n) is 6.25. The smallest absolute Gasteiger partial charge is 0.0276 e. The van der Waals surface area contributed by atoms with Gasteiger partial charge in [0.1, 0.15) is 0 Å². The van der Waals surface area contributed by atoms with Crippen LogP contribution in [0.2, 0.25) is 0 Å². The van der Waals surface area contributed by atoms with Crippen LogP contribution in [0.5, 0.6) is 0 Å². The lowest BCUT2D eigenvalue weighted by atomic mass is 9.86. The fourth-order valence-electron chi connectivity index (χ4n) is 2.13. The molecular formula is C15H31N. The van der Waals surface area contributed by atoms with Crippen LogP contribution in [0, 0.1) is 17.8 Å². The Morgan fingerprint density at radius 2 is 1.25 bits per heavy atom. The molecule has 0 aliphatic rings. The van der Waals surface area contributed by atoms with Crippen molar-refractivity contribution in [1.29, 1.82) is 0 Å². The Kier molecular flexibility index (Phi) is 6.98. The summed E-state index contributed by atoms with van der Waals surface area (Å²) in [4.78, 5) is 0. The van der Waals surface area contributed by atoms with Crippen LogP contribution in [0.25, 0.3) is 0 Å². The third kappa shape index (κ3) is 5.69. The molecule has 0 aromatic heterocycles. The maximum Gasteiger partial charge on any atom is 0.0276 e. The summed E-state index contributed by atoms with van der Waals surface area (Å²) < 4.78 is 0. The van der Waals surface area contributed by atoms with Crippen molar-refractivity contribution in [3.05, 3.63) is 11.1 Å². The summed E-state index contributed by atoms with van der Waals surface area (Å²) in [6.45, 7) is 15.8. The first-order chi connectivity index (χ1) is 7.25. The van der Waals surface area contributed by atoms with E-state index < -0.39 is 0 Å². The minimum Gasteiger partial charge on any atom is -0.324 e. The lowest BCUT2D eigenvalue weighted by Gasteiger charge is -2.23. The van der Waals surface area contributed by atoms with Crippen LogP contribution >= 0.6 is 0 Å². The van der Waals surface area contributed by atoms with E-state index in [0.29, 0.717) is 5.92 Å². The molecule has 0 rings (SSSR count). The Balaban J connectivity index is 4.87. The largest absolute Gasteiger partial charge is 0.324 e. The van der Waals surface area contributed by atoms with Gasteiger partial charge in [0.2, 0.25) is 0 Å². The van der Waals surface area contributed by atoms with Gasteiger partial charge in [-0.25, -0.2) is 0 Å². The molecule has 0 bridgehead atoms. The highest BCUT2D eigenvalue weighted by molar-refractivity contribution is 5.19. The van der Waals surface area contributed by atoms with Crippen molar-refractivity contribution in [1.82, 2.24) is 0 Å². The van der Waals surface area contributed by atoms with Gasteiger partial charge in [-0.15, -0.1) is 0 Å². The molecule has 0 amide bonds. The highest BCUT2D eigenvalue weighted by atomic mass is 14.6. The van der Waals surface area contributed by atoms with Gasteiger partial charge in [-0.1, -0.05) is 52.7 Å². The van der Waals surface area contributed by atoms with Crippen LogP contribution < -0.4 is 5.73 Å². The van der Waals surface area contributed by atoms with Gasteiger partial charge in [-0.2, -0.15) is 0 Å². The molecule has 1 atom stereocenters. The van der Waals surface area contributed by atoms with Crippen LogP contribution in [0.4, 0.5) is 0 Å². The van der Waals surface area contributed by atoms with Gasteiger partial charge < -0.3 is 5.73 Å². The second-order valence-corrected chi connectivity index (χ2v) is 6.25. The highest BCUT2D eigenvalue weighted by Gasteiger charge is 2.15. The third-order valence-corrected chi connectivity index (χ3v) is 3.09. The zero-order valence-electron chi connectivity index (χ0n) is 12.3. The molecule has 2 N–H and O–H groups in total. The molecule has 96 valence electrons. The average molecular weight is 225 g/mol. The molecule has 0 spiro atoms. The monoisotopic (exact) mass is 225 g/mol. The van der Waals surface area contributed by atoms with Crippen LogP contribution in [0.1, 0.15) is 61.3 Å². The second kappa shape index (κ2) is 7.11. The van der Waals surface area contributed by atoms with Crippen LogP contribution in [0.15, 0.2) is 11.1 Å². The first-order valence-corrected chi connectivity index (χ1v) is 6.69. The van der Waals surface area contributed by atoms with Gasteiger partial charge in [0.05, 0.1) is 0 Å².